The number of rotatable bonds is 3. The van der Waals surface area contributed by atoms with Gasteiger partial charge in [0.15, 0.2) is 0 Å². The van der Waals surface area contributed by atoms with E-state index in [0.29, 0.717) is 11.5 Å². The molecule has 0 unspecified atom stereocenters. The monoisotopic (exact) mass is 217 g/mol. The minimum atomic E-state index is -0.0442. The van der Waals surface area contributed by atoms with E-state index in [1.807, 2.05) is 12.1 Å². The standard InChI is InChI=1S/C14H19NO/c1-10(2)12-6-8-13(9-7-12)15(5)14(16)11(3)4/h6-10H,3H2,1-2,4-5H3. The highest BCUT2D eigenvalue weighted by molar-refractivity contribution is 6.04. The van der Waals surface area contributed by atoms with Crippen molar-refractivity contribution < 1.29 is 4.79 Å². The molecular weight excluding hydrogens is 198 g/mol. The van der Waals surface area contributed by atoms with E-state index < -0.39 is 0 Å². The first-order valence-corrected chi connectivity index (χ1v) is 5.47. The van der Waals surface area contributed by atoms with Gasteiger partial charge in [-0.2, -0.15) is 0 Å². The predicted molar refractivity (Wildman–Crippen MR) is 68.8 cm³/mol. The molecule has 1 aromatic rings. The number of hydrogen-bond acceptors (Lipinski definition) is 1. The molecule has 0 bridgehead atoms. The third-order valence-corrected chi connectivity index (χ3v) is 2.62. The van der Waals surface area contributed by atoms with Crippen molar-refractivity contribution in [2.75, 3.05) is 11.9 Å². The Morgan fingerprint density at radius 2 is 1.75 bits per heavy atom. The third kappa shape index (κ3) is 2.72. The van der Waals surface area contributed by atoms with Crippen molar-refractivity contribution in [1.29, 1.82) is 0 Å². The first kappa shape index (κ1) is 12.5. The molecule has 16 heavy (non-hydrogen) atoms. The molecule has 2 nitrogen and oxygen atoms in total. The molecule has 0 radical (unpaired) electrons. The Hall–Kier alpha value is -1.57. The van der Waals surface area contributed by atoms with E-state index >= 15 is 0 Å². The fourth-order valence-corrected chi connectivity index (χ4v) is 1.49. The molecule has 0 heterocycles. The average molecular weight is 217 g/mol. The lowest BCUT2D eigenvalue weighted by molar-refractivity contribution is -0.114. The lowest BCUT2D eigenvalue weighted by Gasteiger charge is -2.18. The van der Waals surface area contributed by atoms with Gasteiger partial charge in [-0.05, 0) is 30.5 Å². The Morgan fingerprint density at radius 1 is 1.25 bits per heavy atom. The first-order valence-electron chi connectivity index (χ1n) is 5.47. The van der Waals surface area contributed by atoms with E-state index in [1.165, 1.54) is 5.56 Å². The summed E-state index contributed by atoms with van der Waals surface area (Å²) in [4.78, 5) is 13.3. The molecule has 0 aliphatic heterocycles. The van der Waals surface area contributed by atoms with Crippen molar-refractivity contribution in [3.05, 3.63) is 42.0 Å². The topological polar surface area (TPSA) is 20.3 Å². The SMILES string of the molecule is C=C(C)C(=O)N(C)c1ccc(C(C)C)cc1. The molecule has 1 amide bonds. The minimum Gasteiger partial charge on any atom is -0.312 e. The van der Waals surface area contributed by atoms with Gasteiger partial charge in [0.1, 0.15) is 0 Å². The Labute approximate surface area is 97.6 Å². The second-order valence-electron chi connectivity index (χ2n) is 4.39. The van der Waals surface area contributed by atoms with Crippen molar-refractivity contribution in [3.8, 4) is 0 Å². The normalized spacial score (nSPS) is 10.3. The molecule has 0 aliphatic rings. The van der Waals surface area contributed by atoms with Gasteiger partial charge in [0.2, 0.25) is 0 Å². The Bertz CT molecular complexity index is 390. The number of amides is 1. The van der Waals surface area contributed by atoms with Gasteiger partial charge in [0, 0.05) is 18.3 Å². The summed E-state index contributed by atoms with van der Waals surface area (Å²) in [6, 6.07) is 8.05. The number of anilines is 1. The molecule has 0 saturated heterocycles. The molecule has 0 aliphatic carbocycles. The number of benzene rings is 1. The van der Waals surface area contributed by atoms with Gasteiger partial charge in [-0.15, -0.1) is 0 Å². The zero-order valence-corrected chi connectivity index (χ0v) is 10.4. The summed E-state index contributed by atoms with van der Waals surface area (Å²) >= 11 is 0. The van der Waals surface area contributed by atoms with Crippen molar-refractivity contribution in [3.63, 3.8) is 0 Å². The van der Waals surface area contributed by atoms with Crippen LogP contribution in [-0.4, -0.2) is 13.0 Å². The zero-order chi connectivity index (χ0) is 12.3. The molecule has 0 saturated carbocycles. The van der Waals surface area contributed by atoms with Crippen LogP contribution in [0.15, 0.2) is 36.4 Å². The number of nitrogens with zero attached hydrogens (tertiary/aromatic N) is 1. The second-order valence-corrected chi connectivity index (χ2v) is 4.39. The molecule has 0 N–H and O–H groups in total. The Morgan fingerprint density at radius 3 is 2.12 bits per heavy atom. The molecule has 0 aromatic heterocycles. The number of hydrogen-bond donors (Lipinski definition) is 0. The molecule has 1 aromatic carbocycles. The van der Waals surface area contributed by atoms with Gasteiger partial charge in [-0.25, -0.2) is 0 Å². The molecule has 0 fully saturated rings. The van der Waals surface area contributed by atoms with Crippen LogP contribution in [0.25, 0.3) is 0 Å². The van der Waals surface area contributed by atoms with E-state index in [-0.39, 0.29) is 5.91 Å². The quantitative estimate of drug-likeness (QED) is 0.711. The van der Waals surface area contributed by atoms with Gasteiger partial charge in [0.25, 0.3) is 5.91 Å². The summed E-state index contributed by atoms with van der Waals surface area (Å²) in [5.41, 5.74) is 2.73. The number of carbonyl (C=O) groups is 1. The van der Waals surface area contributed by atoms with E-state index in [4.69, 9.17) is 0 Å². The van der Waals surface area contributed by atoms with Crippen molar-refractivity contribution in [2.24, 2.45) is 0 Å². The molecule has 86 valence electrons. The second kappa shape index (κ2) is 4.97. The van der Waals surface area contributed by atoms with Crippen LogP contribution >= 0.6 is 0 Å². The van der Waals surface area contributed by atoms with Gasteiger partial charge < -0.3 is 4.90 Å². The average Bonchev–Trinajstić information content (AvgIpc) is 2.27. The van der Waals surface area contributed by atoms with Gasteiger partial charge in [0.05, 0.1) is 0 Å². The number of carbonyl (C=O) groups excluding carboxylic acids is 1. The molecule has 1 rings (SSSR count). The fourth-order valence-electron chi connectivity index (χ4n) is 1.49. The summed E-state index contributed by atoms with van der Waals surface area (Å²) < 4.78 is 0. The first-order chi connectivity index (χ1) is 7.43. The van der Waals surface area contributed by atoms with E-state index in [1.54, 1.807) is 18.9 Å². The van der Waals surface area contributed by atoms with Crippen LogP contribution in [-0.2, 0) is 4.79 Å². The van der Waals surface area contributed by atoms with Crippen LogP contribution < -0.4 is 4.90 Å². The van der Waals surface area contributed by atoms with Crippen LogP contribution in [0.3, 0.4) is 0 Å². The Kier molecular flexibility index (Phi) is 3.88. The Balaban J connectivity index is 2.89. The van der Waals surface area contributed by atoms with E-state index in [2.05, 4.69) is 32.6 Å². The lowest BCUT2D eigenvalue weighted by Crippen LogP contribution is -2.26. The maximum atomic E-state index is 11.7. The van der Waals surface area contributed by atoms with E-state index in [9.17, 15) is 4.79 Å². The highest BCUT2D eigenvalue weighted by Gasteiger charge is 2.11. The van der Waals surface area contributed by atoms with Crippen molar-refractivity contribution in [2.45, 2.75) is 26.7 Å². The summed E-state index contributed by atoms with van der Waals surface area (Å²) in [7, 11) is 1.77. The van der Waals surface area contributed by atoms with Gasteiger partial charge in [-0.3, -0.25) is 4.79 Å². The molecule has 0 spiro atoms. The van der Waals surface area contributed by atoms with Gasteiger partial charge >= 0.3 is 0 Å². The highest BCUT2D eigenvalue weighted by atomic mass is 16.2. The molecule has 2 heteroatoms. The van der Waals surface area contributed by atoms with Crippen molar-refractivity contribution >= 4 is 11.6 Å². The third-order valence-electron chi connectivity index (χ3n) is 2.62. The summed E-state index contributed by atoms with van der Waals surface area (Å²) in [6.07, 6.45) is 0. The maximum absolute atomic E-state index is 11.7. The summed E-state index contributed by atoms with van der Waals surface area (Å²) in [6.45, 7) is 9.68. The summed E-state index contributed by atoms with van der Waals surface area (Å²) in [5.74, 6) is 0.466. The zero-order valence-electron chi connectivity index (χ0n) is 10.4. The maximum Gasteiger partial charge on any atom is 0.253 e. The van der Waals surface area contributed by atoms with Crippen LogP contribution in [0.2, 0.25) is 0 Å². The smallest absolute Gasteiger partial charge is 0.253 e. The van der Waals surface area contributed by atoms with Crippen LogP contribution in [0.4, 0.5) is 5.69 Å². The molecular formula is C14H19NO. The van der Waals surface area contributed by atoms with Crippen molar-refractivity contribution in [1.82, 2.24) is 0 Å². The van der Waals surface area contributed by atoms with E-state index in [0.717, 1.165) is 5.69 Å². The highest BCUT2D eigenvalue weighted by Crippen LogP contribution is 2.20. The van der Waals surface area contributed by atoms with Crippen LogP contribution in [0.1, 0.15) is 32.3 Å². The fraction of sp³-hybridized carbons (Fsp3) is 0.357. The summed E-state index contributed by atoms with van der Waals surface area (Å²) in [5, 5.41) is 0. The minimum absolute atomic E-state index is 0.0442. The van der Waals surface area contributed by atoms with Crippen LogP contribution in [0, 0.1) is 0 Å². The van der Waals surface area contributed by atoms with Crippen LogP contribution in [0.5, 0.6) is 0 Å². The predicted octanol–water partition coefficient (Wildman–Crippen LogP) is 3.35. The lowest BCUT2D eigenvalue weighted by atomic mass is 10.0. The number of likely N-dealkylation sites (N-methyl/N-ethyl adjacent to an activating group) is 1. The largest absolute Gasteiger partial charge is 0.312 e. The van der Waals surface area contributed by atoms with Gasteiger partial charge in [-0.1, -0.05) is 32.6 Å². The molecule has 0 atom stereocenters.